The summed E-state index contributed by atoms with van der Waals surface area (Å²) in [5, 5.41) is 3.75. The van der Waals surface area contributed by atoms with Crippen molar-refractivity contribution in [1.82, 2.24) is 10.2 Å². The van der Waals surface area contributed by atoms with Gasteiger partial charge in [0, 0.05) is 30.7 Å². The molecular formula is C15H21ClN2O2. The number of furan rings is 1. The first-order chi connectivity index (χ1) is 9.45. The molecule has 0 aromatic carbocycles. The van der Waals surface area contributed by atoms with E-state index in [0.29, 0.717) is 16.4 Å². The van der Waals surface area contributed by atoms with Gasteiger partial charge in [-0.25, -0.2) is 0 Å². The lowest BCUT2D eigenvalue weighted by molar-refractivity contribution is 0.0912. The highest BCUT2D eigenvalue weighted by Crippen LogP contribution is 2.16. The largest absolute Gasteiger partial charge is 0.466 e. The molecule has 2 rings (SSSR count). The third-order valence-electron chi connectivity index (χ3n) is 3.60. The molecule has 1 aliphatic rings. The monoisotopic (exact) mass is 296 g/mol. The van der Waals surface area contributed by atoms with Crippen molar-refractivity contribution in [1.29, 1.82) is 0 Å². The minimum atomic E-state index is -0.0421. The van der Waals surface area contributed by atoms with E-state index in [4.69, 9.17) is 16.0 Å². The van der Waals surface area contributed by atoms with Gasteiger partial charge in [0.25, 0.3) is 5.91 Å². The minimum absolute atomic E-state index is 0.0421. The zero-order chi connectivity index (χ0) is 14.7. The molecule has 0 bridgehead atoms. The minimum Gasteiger partial charge on any atom is -0.466 e. The number of piperidine rings is 1. The Labute approximate surface area is 124 Å². The van der Waals surface area contributed by atoms with Crippen molar-refractivity contribution in [2.24, 2.45) is 0 Å². The predicted molar refractivity (Wildman–Crippen MR) is 80.1 cm³/mol. The number of carbonyl (C=O) groups is 1. The van der Waals surface area contributed by atoms with Crippen LogP contribution in [0, 0.1) is 13.8 Å². The Morgan fingerprint density at radius 1 is 1.50 bits per heavy atom. The van der Waals surface area contributed by atoms with Crippen molar-refractivity contribution in [3.8, 4) is 0 Å². The number of hydrogen-bond acceptors (Lipinski definition) is 3. The van der Waals surface area contributed by atoms with E-state index >= 15 is 0 Å². The zero-order valence-electron chi connectivity index (χ0n) is 12.0. The van der Waals surface area contributed by atoms with Crippen LogP contribution in [0.1, 0.15) is 34.7 Å². The van der Waals surface area contributed by atoms with Crippen molar-refractivity contribution < 1.29 is 9.21 Å². The van der Waals surface area contributed by atoms with Crippen molar-refractivity contribution in [2.75, 3.05) is 19.6 Å². The van der Waals surface area contributed by atoms with Crippen LogP contribution >= 0.6 is 11.6 Å². The zero-order valence-corrected chi connectivity index (χ0v) is 12.8. The third-order valence-corrected chi connectivity index (χ3v) is 3.72. The first-order valence-electron chi connectivity index (χ1n) is 6.89. The molecule has 0 atom stereocenters. The summed E-state index contributed by atoms with van der Waals surface area (Å²) in [6.07, 6.45) is 1.87. The number of aryl methyl sites for hydroxylation is 2. The van der Waals surface area contributed by atoms with Gasteiger partial charge in [-0.2, -0.15) is 0 Å². The lowest BCUT2D eigenvalue weighted by atomic mass is 10.0. The molecule has 0 aliphatic carbocycles. The van der Waals surface area contributed by atoms with Gasteiger partial charge < -0.3 is 9.73 Å². The van der Waals surface area contributed by atoms with E-state index in [1.165, 1.54) is 0 Å². The summed E-state index contributed by atoms with van der Waals surface area (Å²) in [6.45, 7) is 9.96. The maximum atomic E-state index is 12.2. The molecule has 4 nitrogen and oxygen atoms in total. The van der Waals surface area contributed by atoms with E-state index in [0.717, 1.165) is 38.2 Å². The van der Waals surface area contributed by atoms with Crippen molar-refractivity contribution >= 4 is 17.5 Å². The van der Waals surface area contributed by atoms with Gasteiger partial charge in [-0.05, 0) is 32.8 Å². The van der Waals surface area contributed by atoms with Gasteiger partial charge in [0.15, 0.2) is 0 Å². The van der Waals surface area contributed by atoms with Crippen LogP contribution in [0.3, 0.4) is 0 Å². The smallest absolute Gasteiger partial charge is 0.255 e. The van der Waals surface area contributed by atoms with Gasteiger partial charge in [-0.1, -0.05) is 18.2 Å². The first-order valence-corrected chi connectivity index (χ1v) is 7.27. The van der Waals surface area contributed by atoms with Crippen molar-refractivity contribution in [3.63, 3.8) is 0 Å². The lowest BCUT2D eigenvalue weighted by Crippen LogP contribution is -2.44. The molecule has 0 spiro atoms. The summed E-state index contributed by atoms with van der Waals surface area (Å²) in [7, 11) is 0. The molecule has 1 amide bonds. The molecule has 1 aromatic rings. The summed E-state index contributed by atoms with van der Waals surface area (Å²) < 4.78 is 5.39. The van der Waals surface area contributed by atoms with E-state index < -0.39 is 0 Å². The second-order valence-corrected chi connectivity index (χ2v) is 5.90. The van der Waals surface area contributed by atoms with Gasteiger partial charge in [0.1, 0.15) is 11.5 Å². The maximum Gasteiger partial charge on any atom is 0.255 e. The summed E-state index contributed by atoms with van der Waals surface area (Å²) in [5.41, 5.74) is 0.638. The number of halogens is 1. The standard InChI is InChI=1S/C15H21ClN2O2/c1-10(16)9-18-6-4-13(5-7-18)17-15(19)14-8-11(2)20-12(14)3/h8,13H,1,4-7,9H2,2-3H3,(H,17,19). The van der Waals surface area contributed by atoms with E-state index in [2.05, 4.69) is 16.8 Å². The average Bonchev–Trinajstić information content (AvgIpc) is 2.70. The Kier molecular flexibility index (Phi) is 4.89. The van der Waals surface area contributed by atoms with Gasteiger partial charge in [0.2, 0.25) is 0 Å². The highest BCUT2D eigenvalue weighted by atomic mass is 35.5. The van der Waals surface area contributed by atoms with Crippen molar-refractivity contribution in [2.45, 2.75) is 32.7 Å². The third kappa shape index (κ3) is 3.87. The molecule has 0 radical (unpaired) electrons. The fraction of sp³-hybridized carbons (Fsp3) is 0.533. The molecule has 1 fully saturated rings. The highest BCUT2D eigenvalue weighted by molar-refractivity contribution is 6.29. The number of nitrogens with one attached hydrogen (secondary N) is 1. The SMILES string of the molecule is C=C(Cl)CN1CCC(NC(=O)c2cc(C)oc2C)CC1. The highest BCUT2D eigenvalue weighted by Gasteiger charge is 2.22. The van der Waals surface area contributed by atoms with Gasteiger partial charge in [-0.15, -0.1) is 0 Å². The van der Waals surface area contributed by atoms with E-state index in [9.17, 15) is 4.79 Å². The Morgan fingerprint density at radius 2 is 2.15 bits per heavy atom. The number of nitrogens with zero attached hydrogens (tertiary/aromatic N) is 1. The molecule has 1 saturated heterocycles. The van der Waals surface area contributed by atoms with Crippen LogP contribution in [0.25, 0.3) is 0 Å². The lowest BCUT2D eigenvalue weighted by Gasteiger charge is -2.32. The van der Waals surface area contributed by atoms with Crippen LogP contribution in [-0.2, 0) is 0 Å². The number of hydrogen-bond donors (Lipinski definition) is 1. The second kappa shape index (κ2) is 6.46. The Balaban J connectivity index is 1.85. The van der Waals surface area contributed by atoms with E-state index in [1.807, 2.05) is 13.8 Å². The van der Waals surface area contributed by atoms with Crippen LogP contribution in [0.15, 0.2) is 22.1 Å². The molecule has 110 valence electrons. The Bertz CT molecular complexity index is 502. The summed E-state index contributed by atoms with van der Waals surface area (Å²) in [4.78, 5) is 14.4. The topological polar surface area (TPSA) is 45.5 Å². The quantitative estimate of drug-likeness (QED) is 0.929. The molecule has 1 aliphatic heterocycles. The van der Waals surface area contributed by atoms with Crippen molar-refractivity contribution in [3.05, 3.63) is 34.8 Å². The van der Waals surface area contributed by atoms with E-state index in [-0.39, 0.29) is 11.9 Å². The number of rotatable bonds is 4. The average molecular weight is 297 g/mol. The summed E-state index contributed by atoms with van der Waals surface area (Å²) in [5.74, 6) is 1.40. The van der Waals surface area contributed by atoms with Gasteiger partial charge >= 0.3 is 0 Å². The molecule has 2 heterocycles. The molecule has 0 saturated carbocycles. The Hall–Kier alpha value is -1.26. The van der Waals surface area contributed by atoms with Crippen LogP contribution in [-0.4, -0.2) is 36.5 Å². The number of carbonyl (C=O) groups excluding carboxylic acids is 1. The molecule has 5 heteroatoms. The summed E-state index contributed by atoms with van der Waals surface area (Å²) in [6, 6.07) is 2.01. The maximum absolute atomic E-state index is 12.2. The van der Waals surface area contributed by atoms with Crippen LogP contribution in [0.4, 0.5) is 0 Å². The van der Waals surface area contributed by atoms with Crippen LogP contribution in [0.5, 0.6) is 0 Å². The molecular weight excluding hydrogens is 276 g/mol. The molecule has 20 heavy (non-hydrogen) atoms. The molecule has 1 aromatic heterocycles. The van der Waals surface area contributed by atoms with Gasteiger partial charge in [0.05, 0.1) is 5.56 Å². The van der Waals surface area contributed by atoms with E-state index in [1.54, 1.807) is 6.07 Å². The molecule has 0 unspecified atom stereocenters. The predicted octanol–water partition coefficient (Wildman–Crippen LogP) is 2.84. The fourth-order valence-corrected chi connectivity index (χ4v) is 2.77. The van der Waals surface area contributed by atoms with Crippen LogP contribution < -0.4 is 5.32 Å². The number of amides is 1. The fourth-order valence-electron chi connectivity index (χ4n) is 2.60. The second-order valence-electron chi connectivity index (χ2n) is 5.37. The van der Waals surface area contributed by atoms with Crippen LogP contribution in [0.2, 0.25) is 0 Å². The Morgan fingerprint density at radius 3 is 2.65 bits per heavy atom. The molecule has 1 N–H and O–H groups in total. The number of likely N-dealkylation sites (tertiary alicyclic amines) is 1. The van der Waals surface area contributed by atoms with Gasteiger partial charge in [-0.3, -0.25) is 9.69 Å². The first kappa shape index (κ1) is 15.1. The summed E-state index contributed by atoms with van der Waals surface area (Å²) >= 11 is 5.82. The normalized spacial score (nSPS) is 17.1.